The van der Waals surface area contributed by atoms with Crippen LogP contribution in [0, 0.1) is 6.92 Å². The SMILES string of the molecule is COc1cc(OC)c(NS(=O)(=O)c2cc(C)c(C(=O)O)s2)c(C(=O)O)c1. The molecule has 26 heavy (non-hydrogen) atoms. The quantitative estimate of drug-likeness (QED) is 0.642. The molecular weight excluding hydrogens is 386 g/mol. The van der Waals surface area contributed by atoms with Gasteiger partial charge in [-0.25, -0.2) is 18.0 Å². The van der Waals surface area contributed by atoms with Gasteiger partial charge in [-0.3, -0.25) is 4.72 Å². The zero-order valence-corrected chi connectivity index (χ0v) is 15.5. The highest BCUT2D eigenvalue weighted by Gasteiger charge is 2.26. The smallest absolute Gasteiger partial charge is 0.346 e. The van der Waals surface area contributed by atoms with Gasteiger partial charge in [0, 0.05) is 6.07 Å². The summed E-state index contributed by atoms with van der Waals surface area (Å²) in [5, 5.41) is 18.4. The van der Waals surface area contributed by atoms with Crippen molar-refractivity contribution >= 4 is 39.0 Å². The van der Waals surface area contributed by atoms with Gasteiger partial charge in [0.2, 0.25) is 0 Å². The molecule has 3 N–H and O–H groups in total. The minimum absolute atomic E-state index is 0.0583. The Labute approximate surface area is 152 Å². The third-order valence-electron chi connectivity index (χ3n) is 3.35. The van der Waals surface area contributed by atoms with E-state index in [1.165, 1.54) is 33.3 Å². The van der Waals surface area contributed by atoms with E-state index in [-0.39, 0.29) is 37.4 Å². The number of aromatic carboxylic acids is 2. The first-order valence-corrected chi connectivity index (χ1v) is 9.26. The van der Waals surface area contributed by atoms with Crippen molar-refractivity contribution in [1.29, 1.82) is 0 Å². The number of sulfonamides is 1. The summed E-state index contributed by atoms with van der Waals surface area (Å²) in [4.78, 5) is 22.5. The standard InChI is InChI=1S/C15H15NO8S2/c1-7-4-11(25-13(7)15(19)20)26(21,22)16-12-9(14(17)18)5-8(23-2)6-10(12)24-3/h4-6,16H,1-3H3,(H,17,18)(H,19,20). The Morgan fingerprint density at radius 1 is 1.08 bits per heavy atom. The Morgan fingerprint density at radius 2 is 1.73 bits per heavy atom. The van der Waals surface area contributed by atoms with Crippen LogP contribution >= 0.6 is 11.3 Å². The molecule has 0 fully saturated rings. The van der Waals surface area contributed by atoms with E-state index in [1.807, 2.05) is 0 Å². The number of carboxylic acid groups (broad SMARTS) is 2. The number of rotatable bonds is 7. The molecule has 0 bridgehead atoms. The lowest BCUT2D eigenvalue weighted by molar-refractivity contribution is 0.0688. The fraction of sp³-hybridized carbons (Fsp3) is 0.200. The van der Waals surface area contributed by atoms with Crippen molar-refractivity contribution in [2.24, 2.45) is 0 Å². The molecule has 2 aromatic rings. The van der Waals surface area contributed by atoms with Gasteiger partial charge >= 0.3 is 11.9 Å². The van der Waals surface area contributed by atoms with E-state index in [9.17, 15) is 23.1 Å². The Kier molecular flexibility index (Phi) is 5.42. The first kappa shape index (κ1) is 19.5. The second kappa shape index (κ2) is 7.22. The number of aryl methyl sites for hydroxylation is 1. The maximum absolute atomic E-state index is 12.6. The number of anilines is 1. The first-order chi connectivity index (χ1) is 12.1. The molecule has 0 saturated carbocycles. The number of hydrogen-bond acceptors (Lipinski definition) is 7. The molecule has 0 aliphatic carbocycles. The van der Waals surface area contributed by atoms with Crippen LogP contribution in [0.25, 0.3) is 0 Å². The molecule has 0 spiro atoms. The number of hydrogen-bond donors (Lipinski definition) is 3. The molecule has 140 valence electrons. The molecule has 11 heteroatoms. The van der Waals surface area contributed by atoms with Crippen LogP contribution < -0.4 is 14.2 Å². The average Bonchev–Trinajstić information content (AvgIpc) is 2.97. The number of nitrogens with one attached hydrogen (secondary N) is 1. The van der Waals surface area contributed by atoms with Crippen LogP contribution in [0.4, 0.5) is 5.69 Å². The van der Waals surface area contributed by atoms with Gasteiger partial charge < -0.3 is 19.7 Å². The zero-order chi connectivity index (χ0) is 19.6. The number of ether oxygens (including phenoxy) is 2. The molecule has 0 saturated heterocycles. The van der Waals surface area contributed by atoms with Gasteiger partial charge in [0.25, 0.3) is 10.0 Å². The molecule has 0 unspecified atom stereocenters. The molecule has 1 heterocycles. The summed E-state index contributed by atoms with van der Waals surface area (Å²) < 4.78 is 37.2. The van der Waals surface area contributed by atoms with Gasteiger partial charge in [-0.15, -0.1) is 11.3 Å². The monoisotopic (exact) mass is 401 g/mol. The van der Waals surface area contributed by atoms with Crippen molar-refractivity contribution in [3.63, 3.8) is 0 Å². The number of carboxylic acids is 2. The minimum Gasteiger partial charge on any atom is -0.497 e. The Morgan fingerprint density at radius 3 is 2.19 bits per heavy atom. The van der Waals surface area contributed by atoms with Gasteiger partial charge in [-0.1, -0.05) is 0 Å². The summed E-state index contributed by atoms with van der Waals surface area (Å²) in [7, 11) is -1.66. The first-order valence-electron chi connectivity index (χ1n) is 6.96. The van der Waals surface area contributed by atoms with Crippen LogP contribution in [-0.2, 0) is 10.0 Å². The second-order valence-corrected chi connectivity index (χ2v) is 8.01. The zero-order valence-electron chi connectivity index (χ0n) is 13.9. The summed E-state index contributed by atoms with van der Waals surface area (Å²) in [6.45, 7) is 1.47. The fourth-order valence-electron chi connectivity index (χ4n) is 2.13. The predicted octanol–water partition coefficient (Wildman–Crippen LogP) is 2.27. The molecule has 9 nitrogen and oxygen atoms in total. The van der Waals surface area contributed by atoms with E-state index in [2.05, 4.69) is 4.72 Å². The molecule has 0 aliphatic heterocycles. The summed E-state index contributed by atoms with van der Waals surface area (Å²) in [6, 6.07) is 3.67. The summed E-state index contributed by atoms with van der Waals surface area (Å²) in [5.41, 5.74) is -0.386. The van der Waals surface area contributed by atoms with Crippen molar-refractivity contribution in [2.75, 3.05) is 18.9 Å². The van der Waals surface area contributed by atoms with Crippen molar-refractivity contribution in [1.82, 2.24) is 0 Å². The van der Waals surface area contributed by atoms with Crippen LogP contribution in [0.15, 0.2) is 22.4 Å². The lowest BCUT2D eigenvalue weighted by Gasteiger charge is -2.15. The number of carbonyl (C=O) groups is 2. The van der Waals surface area contributed by atoms with E-state index in [0.29, 0.717) is 11.3 Å². The maximum atomic E-state index is 12.6. The fourth-order valence-corrected chi connectivity index (χ4v) is 4.60. The third-order valence-corrected chi connectivity index (χ3v) is 6.40. The van der Waals surface area contributed by atoms with E-state index in [0.717, 1.165) is 6.07 Å². The average molecular weight is 401 g/mol. The summed E-state index contributed by atoms with van der Waals surface area (Å²) in [5.74, 6) is -2.53. The van der Waals surface area contributed by atoms with Crippen LogP contribution in [0.3, 0.4) is 0 Å². The van der Waals surface area contributed by atoms with Gasteiger partial charge in [0.05, 0.1) is 19.8 Å². The second-order valence-electron chi connectivity index (χ2n) is 5.05. The maximum Gasteiger partial charge on any atom is 0.346 e. The minimum atomic E-state index is -4.24. The molecule has 0 radical (unpaired) electrons. The van der Waals surface area contributed by atoms with Crippen molar-refractivity contribution in [3.05, 3.63) is 34.2 Å². The third kappa shape index (κ3) is 3.73. The van der Waals surface area contributed by atoms with Gasteiger partial charge in [0.1, 0.15) is 26.3 Å². The largest absolute Gasteiger partial charge is 0.497 e. The van der Waals surface area contributed by atoms with Crippen molar-refractivity contribution < 1.29 is 37.7 Å². The Balaban J connectivity index is 2.57. The van der Waals surface area contributed by atoms with Crippen LogP contribution in [-0.4, -0.2) is 44.8 Å². The van der Waals surface area contributed by atoms with E-state index >= 15 is 0 Å². The van der Waals surface area contributed by atoms with Crippen LogP contribution in [0.1, 0.15) is 25.6 Å². The summed E-state index contributed by atoms with van der Waals surface area (Å²) in [6.07, 6.45) is 0. The topological polar surface area (TPSA) is 139 Å². The van der Waals surface area contributed by atoms with E-state index < -0.39 is 22.0 Å². The molecule has 0 aliphatic rings. The molecular formula is C15H15NO8S2. The highest BCUT2D eigenvalue weighted by Crippen LogP contribution is 2.36. The Hall–Kier alpha value is -2.79. The van der Waals surface area contributed by atoms with Crippen molar-refractivity contribution in [2.45, 2.75) is 11.1 Å². The highest BCUT2D eigenvalue weighted by atomic mass is 32.2. The highest BCUT2D eigenvalue weighted by molar-refractivity contribution is 7.94. The number of methoxy groups -OCH3 is 2. The van der Waals surface area contributed by atoms with Gasteiger partial charge in [0.15, 0.2) is 0 Å². The number of thiophene rings is 1. The van der Waals surface area contributed by atoms with Crippen molar-refractivity contribution in [3.8, 4) is 11.5 Å². The van der Waals surface area contributed by atoms with Crippen LogP contribution in [0.2, 0.25) is 0 Å². The van der Waals surface area contributed by atoms with Gasteiger partial charge in [-0.05, 0) is 24.6 Å². The predicted molar refractivity (Wildman–Crippen MR) is 93.3 cm³/mol. The molecule has 0 amide bonds. The molecule has 1 aromatic heterocycles. The lowest BCUT2D eigenvalue weighted by atomic mass is 10.1. The normalized spacial score (nSPS) is 11.0. The lowest BCUT2D eigenvalue weighted by Crippen LogP contribution is -2.15. The number of benzene rings is 1. The molecule has 0 atom stereocenters. The van der Waals surface area contributed by atoms with Gasteiger partial charge in [-0.2, -0.15) is 0 Å². The molecule has 2 rings (SSSR count). The van der Waals surface area contributed by atoms with E-state index in [4.69, 9.17) is 14.6 Å². The molecule has 1 aromatic carbocycles. The van der Waals surface area contributed by atoms with E-state index in [1.54, 1.807) is 0 Å². The Bertz CT molecular complexity index is 978. The summed E-state index contributed by atoms with van der Waals surface area (Å²) >= 11 is 0.566. The van der Waals surface area contributed by atoms with Crippen LogP contribution in [0.5, 0.6) is 11.5 Å².